The van der Waals surface area contributed by atoms with E-state index in [1.165, 1.54) is 13.8 Å². The maximum atomic E-state index is 11.4. The molecule has 2 amide bonds. The van der Waals surface area contributed by atoms with Gasteiger partial charge in [0, 0.05) is 18.3 Å². The Balaban J connectivity index is -0.000000257. The van der Waals surface area contributed by atoms with Crippen molar-refractivity contribution in [3.8, 4) is 12.1 Å². The van der Waals surface area contributed by atoms with Gasteiger partial charge in [0.1, 0.15) is 23.7 Å². The summed E-state index contributed by atoms with van der Waals surface area (Å²) in [5, 5.41) is 47.6. The van der Waals surface area contributed by atoms with Gasteiger partial charge in [0.05, 0.1) is 0 Å². The van der Waals surface area contributed by atoms with Gasteiger partial charge in [-0.15, -0.1) is 0 Å². The van der Waals surface area contributed by atoms with Crippen molar-refractivity contribution < 1.29 is 43.5 Å². The fourth-order valence-corrected chi connectivity index (χ4v) is 2.02. The molecule has 2 aromatic carbocycles. The summed E-state index contributed by atoms with van der Waals surface area (Å²) in [4.78, 5) is 35.3. The van der Waals surface area contributed by atoms with Gasteiger partial charge in [-0.1, -0.05) is 61.3 Å². The monoisotopic (exact) mass is 651 g/mol. The van der Waals surface area contributed by atoms with Gasteiger partial charge < -0.3 is 30.3 Å². The first-order chi connectivity index (χ1) is 20.7. The van der Waals surface area contributed by atoms with Crippen molar-refractivity contribution in [1.82, 2.24) is 0 Å². The van der Waals surface area contributed by atoms with E-state index in [0.717, 1.165) is 13.2 Å². The van der Waals surface area contributed by atoms with Gasteiger partial charge >= 0.3 is 5.97 Å². The summed E-state index contributed by atoms with van der Waals surface area (Å²) in [7, 11) is 0. The average Bonchev–Trinajstić information content (AvgIpc) is 2.96. The number of aliphatic hydroxyl groups excluding tert-OH is 2. The van der Waals surface area contributed by atoms with Crippen LogP contribution in [-0.2, 0) is 30.4 Å². The first kappa shape index (κ1) is 46.3. The smallest absolute Gasteiger partial charge is 0.339 e. The largest absolute Gasteiger partial charge is 0.773 e. The summed E-state index contributed by atoms with van der Waals surface area (Å²) in [6.07, 6.45) is 5.17. The predicted octanol–water partition coefficient (Wildman–Crippen LogP) is 5.48. The first-order valence-corrected chi connectivity index (χ1v) is 15.4. The molecule has 0 saturated heterocycles. The molecule has 0 saturated carbocycles. The summed E-state index contributed by atoms with van der Waals surface area (Å²) < 4.78 is 18.0. The quantitative estimate of drug-likeness (QED) is 0.0690. The second-order valence-electron chi connectivity index (χ2n) is 7.18. The van der Waals surface area contributed by atoms with Crippen LogP contribution in [0.15, 0.2) is 83.3 Å². The van der Waals surface area contributed by atoms with E-state index >= 15 is 0 Å². The van der Waals surface area contributed by atoms with Crippen LogP contribution in [-0.4, -0.2) is 60.8 Å². The molecule has 0 aliphatic carbocycles. The minimum Gasteiger partial charge on any atom is -0.773 e. The Kier molecular flexibility index (Phi) is 32.9. The molecule has 5 N–H and O–H groups in total. The normalized spacial score (nSPS) is 10.4. The number of carbonyl (C=O) groups excluding carboxylic acids is 3. The van der Waals surface area contributed by atoms with Gasteiger partial charge in [0.2, 0.25) is 0 Å². The number of nitriles is 2. The van der Waals surface area contributed by atoms with Crippen molar-refractivity contribution in [2.45, 2.75) is 34.6 Å². The van der Waals surface area contributed by atoms with Crippen LogP contribution in [0.25, 0.3) is 0 Å². The maximum Gasteiger partial charge on any atom is 0.339 e. The van der Waals surface area contributed by atoms with E-state index < -0.39 is 28.9 Å². The molecule has 0 bridgehead atoms. The number of benzene rings is 2. The number of carbonyl (C=O) groups is 3. The van der Waals surface area contributed by atoms with Crippen molar-refractivity contribution in [3.63, 3.8) is 0 Å². The predicted molar refractivity (Wildman–Crippen MR) is 172 cm³/mol. The lowest BCUT2D eigenvalue weighted by molar-refractivity contribution is -0.231. The van der Waals surface area contributed by atoms with Gasteiger partial charge in [0.25, 0.3) is 11.8 Å². The zero-order valence-corrected chi connectivity index (χ0v) is 27.4. The summed E-state index contributed by atoms with van der Waals surface area (Å²) in [5.41, 5.74) is 0.603. The zero-order chi connectivity index (χ0) is 35.1. The van der Waals surface area contributed by atoms with Crippen LogP contribution in [0.1, 0.15) is 34.6 Å². The highest BCUT2D eigenvalue weighted by atomic mass is 32.2. The molecule has 0 spiro atoms. The lowest BCUT2D eigenvalue weighted by Crippen LogP contribution is -2.14. The molecule has 0 aliphatic rings. The number of nitrogens with one attached hydrogen (secondary N) is 2. The van der Waals surface area contributed by atoms with Crippen molar-refractivity contribution in [2.24, 2.45) is 0 Å². The third-order valence-corrected chi connectivity index (χ3v) is 3.59. The van der Waals surface area contributed by atoms with E-state index in [4.69, 9.17) is 34.8 Å². The maximum absolute atomic E-state index is 11.4. The molecule has 13 nitrogen and oxygen atoms in total. The number of amides is 2. The molecule has 0 radical (unpaired) electrons. The third-order valence-electron chi connectivity index (χ3n) is 3.59. The number of aliphatic hydroxyl groups is 2. The summed E-state index contributed by atoms with van der Waals surface area (Å²) in [6.45, 7) is 7.70. The summed E-state index contributed by atoms with van der Waals surface area (Å²) >= 11 is -0.111. The number of hydrogen-bond donors (Lipinski definition) is 5. The highest BCUT2D eigenvalue weighted by Gasteiger charge is 2.13. The van der Waals surface area contributed by atoms with Crippen LogP contribution >= 0.6 is 11.8 Å². The lowest BCUT2D eigenvalue weighted by Gasteiger charge is -2.03. The molecule has 15 heteroatoms. The van der Waals surface area contributed by atoms with Gasteiger partial charge in [-0.05, 0) is 56.9 Å². The lowest BCUT2D eigenvalue weighted by atomic mass is 10.2. The van der Waals surface area contributed by atoms with Crippen LogP contribution in [0.2, 0.25) is 0 Å². The molecule has 242 valence electrons. The average molecular weight is 652 g/mol. The van der Waals surface area contributed by atoms with E-state index in [9.17, 15) is 14.4 Å². The molecule has 0 aromatic heterocycles. The zero-order valence-electron chi connectivity index (χ0n) is 25.8. The van der Waals surface area contributed by atoms with Crippen LogP contribution in [0.4, 0.5) is 11.4 Å². The Morgan fingerprint density at radius 2 is 1.02 bits per heavy atom. The van der Waals surface area contributed by atoms with Crippen molar-refractivity contribution in [3.05, 3.63) is 83.3 Å². The number of allylic oxidation sites excluding steroid dienone is 2. The van der Waals surface area contributed by atoms with Crippen molar-refractivity contribution in [2.75, 3.05) is 29.4 Å². The minimum absolute atomic E-state index is 0.279. The van der Waals surface area contributed by atoms with E-state index in [2.05, 4.69) is 15.5 Å². The molecule has 0 fully saturated rings. The third kappa shape index (κ3) is 28.8. The van der Waals surface area contributed by atoms with E-state index in [-0.39, 0.29) is 22.7 Å². The number of nitrogens with zero attached hydrogens (tertiary/aromatic N) is 2. The van der Waals surface area contributed by atoms with Crippen LogP contribution in [0, 0.1) is 22.7 Å². The van der Waals surface area contributed by atoms with Crippen LogP contribution in [0.3, 0.4) is 0 Å². The molecule has 44 heavy (non-hydrogen) atoms. The Morgan fingerprint density at radius 3 is 1.18 bits per heavy atom. The second kappa shape index (κ2) is 31.3. The number of rotatable bonds is 4. The summed E-state index contributed by atoms with van der Waals surface area (Å²) in [5.74, 6) is -2.48. The Labute approximate surface area is 265 Å². The molecule has 2 aromatic rings. The molecule has 1 unspecified atom stereocenters. The standard InChI is InChI=1S/2C11H10N2O2.C2H4O3.C2H6S.C2H6.CH4O2S/c2*1-8(14)10(7-12)11(15)13-9-5-3-2-4-6-9;1-2(3)5-4;1-3-2;1-2;1-4(2)3/h2*2-6,14H,1H3,(H,13,15);4H,1H3;1-2H3;1-2H3;1H3,(H,2,3)/p-1/b2*10-8-;;;;. The minimum atomic E-state index is -1.86. The van der Waals surface area contributed by atoms with Gasteiger partial charge in [-0.25, -0.2) is 4.79 Å². The Bertz CT molecular complexity index is 1180. The summed E-state index contributed by atoms with van der Waals surface area (Å²) in [6, 6.07) is 20.7. The topological polar surface area (TPSA) is 233 Å². The fourth-order valence-electron chi connectivity index (χ4n) is 2.02. The molecule has 0 heterocycles. The Hall–Kier alpha value is -4.67. The van der Waals surface area contributed by atoms with Crippen LogP contribution < -0.4 is 10.6 Å². The molecular weight excluding hydrogens is 612 g/mol. The van der Waals surface area contributed by atoms with Crippen molar-refractivity contribution >= 4 is 52.0 Å². The highest BCUT2D eigenvalue weighted by molar-refractivity contribution is 7.97. The molecule has 2 rings (SSSR count). The number of hydrogen-bond acceptors (Lipinski definition) is 12. The van der Waals surface area contributed by atoms with Crippen molar-refractivity contribution in [1.29, 1.82) is 10.5 Å². The Morgan fingerprint density at radius 1 is 0.795 bits per heavy atom. The van der Waals surface area contributed by atoms with E-state index in [0.29, 0.717) is 11.4 Å². The number of anilines is 2. The molecule has 1 atom stereocenters. The van der Waals surface area contributed by atoms with E-state index in [1.54, 1.807) is 72.4 Å². The van der Waals surface area contributed by atoms with Crippen LogP contribution in [0.5, 0.6) is 0 Å². The SMILES string of the molecule is C/C(O)=C(\C#N)C(=O)Nc1ccccc1.C/C(O)=C(\C#N)C(=O)Nc1ccccc1.CC.CC(=O)OO.CS(=O)[O-].CSC. The fraction of sp³-hybridized carbons (Fsp3) is 0.276. The highest BCUT2D eigenvalue weighted by Crippen LogP contribution is 2.09. The van der Waals surface area contributed by atoms with E-state index in [1.807, 2.05) is 38.5 Å². The molecule has 0 aliphatic heterocycles. The van der Waals surface area contributed by atoms with Gasteiger partial charge in [0.15, 0.2) is 11.1 Å². The number of para-hydroxylation sites is 2. The first-order valence-electron chi connectivity index (χ1n) is 12.3. The second-order valence-corrected chi connectivity index (χ2v) is 8.80. The van der Waals surface area contributed by atoms with Gasteiger partial charge in [-0.2, -0.15) is 27.5 Å². The number of thioether (sulfide) groups is 1. The molecular formula is C29H39N4O9S2-. The van der Waals surface area contributed by atoms with Gasteiger partial charge in [-0.3, -0.25) is 13.8 Å².